The maximum absolute atomic E-state index is 6.23. The Morgan fingerprint density at radius 1 is 1.47 bits per heavy atom. The molecule has 3 heterocycles. The molecule has 0 radical (unpaired) electrons. The highest BCUT2D eigenvalue weighted by molar-refractivity contribution is 6.32. The molecule has 0 saturated carbocycles. The van der Waals surface area contributed by atoms with Crippen LogP contribution in [0, 0.1) is 0 Å². The van der Waals surface area contributed by atoms with Gasteiger partial charge in [-0.25, -0.2) is 9.97 Å². The number of anilines is 1. The van der Waals surface area contributed by atoms with Crippen molar-refractivity contribution in [2.75, 3.05) is 18.6 Å². The summed E-state index contributed by atoms with van der Waals surface area (Å²) in [6, 6.07) is 3.71. The summed E-state index contributed by atoms with van der Waals surface area (Å²) in [5.74, 6) is 1.56. The van der Waals surface area contributed by atoms with Crippen molar-refractivity contribution in [3.05, 3.63) is 35.5 Å². The van der Waals surface area contributed by atoms with Gasteiger partial charge in [-0.2, -0.15) is 5.10 Å². The molecule has 7 heteroatoms. The Balaban J connectivity index is 1.96. The second kappa shape index (κ2) is 5.14. The first-order valence-electron chi connectivity index (χ1n) is 6.05. The summed E-state index contributed by atoms with van der Waals surface area (Å²) in [6.45, 7) is 0.735. The maximum atomic E-state index is 6.23. The van der Waals surface area contributed by atoms with Gasteiger partial charge in [0, 0.05) is 26.3 Å². The largest absolute Gasteiger partial charge is 0.380 e. The number of nitrogens with one attached hydrogen (secondary N) is 1. The first-order chi connectivity index (χ1) is 9.29. The molecule has 6 nitrogen and oxygen atoms in total. The predicted octanol–water partition coefficient (Wildman–Crippen LogP) is 1.82. The topological polar surface area (TPSA) is 66.9 Å². The monoisotopic (exact) mass is 279 g/mol. The van der Waals surface area contributed by atoms with Gasteiger partial charge in [-0.05, 0) is 12.1 Å². The Labute approximate surface area is 115 Å². The molecule has 2 aromatic heterocycles. The SMILES string of the molecule is CO[C@@H]1C[C@@H](c2ncn[nH]2)N(c2ncccc2Cl)C1. The second-order valence-corrected chi connectivity index (χ2v) is 4.85. The Kier molecular flexibility index (Phi) is 3.35. The number of hydrogen-bond donors (Lipinski definition) is 1. The number of ether oxygens (including phenoxy) is 1. The zero-order chi connectivity index (χ0) is 13.2. The molecule has 0 unspecified atom stereocenters. The van der Waals surface area contributed by atoms with E-state index in [1.165, 1.54) is 6.33 Å². The van der Waals surface area contributed by atoms with Crippen LogP contribution in [0.1, 0.15) is 18.3 Å². The lowest BCUT2D eigenvalue weighted by Gasteiger charge is -2.24. The van der Waals surface area contributed by atoms with Crippen LogP contribution in [0.5, 0.6) is 0 Å². The molecule has 100 valence electrons. The first-order valence-corrected chi connectivity index (χ1v) is 6.42. The van der Waals surface area contributed by atoms with E-state index in [9.17, 15) is 0 Å². The summed E-state index contributed by atoms with van der Waals surface area (Å²) < 4.78 is 5.46. The highest BCUT2D eigenvalue weighted by atomic mass is 35.5. The summed E-state index contributed by atoms with van der Waals surface area (Å²) >= 11 is 6.23. The van der Waals surface area contributed by atoms with Gasteiger partial charge < -0.3 is 9.64 Å². The fourth-order valence-corrected chi connectivity index (χ4v) is 2.66. The Hall–Kier alpha value is -1.66. The number of halogens is 1. The number of hydrogen-bond acceptors (Lipinski definition) is 5. The highest BCUT2D eigenvalue weighted by Crippen LogP contribution is 2.37. The van der Waals surface area contributed by atoms with Crippen LogP contribution in [0.15, 0.2) is 24.7 Å². The zero-order valence-electron chi connectivity index (χ0n) is 10.5. The average Bonchev–Trinajstić information content (AvgIpc) is 3.08. The van der Waals surface area contributed by atoms with Crippen LogP contribution in [0.3, 0.4) is 0 Å². The van der Waals surface area contributed by atoms with Crippen LogP contribution >= 0.6 is 11.6 Å². The van der Waals surface area contributed by atoms with Crippen LogP contribution < -0.4 is 4.90 Å². The van der Waals surface area contributed by atoms with Gasteiger partial charge >= 0.3 is 0 Å². The molecule has 0 amide bonds. The highest BCUT2D eigenvalue weighted by Gasteiger charge is 2.36. The van der Waals surface area contributed by atoms with Crippen molar-refractivity contribution in [2.24, 2.45) is 0 Å². The molecule has 1 fully saturated rings. The third-order valence-corrected chi connectivity index (χ3v) is 3.65. The lowest BCUT2D eigenvalue weighted by Crippen LogP contribution is -2.26. The average molecular weight is 280 g/mol. The van der Waals surface area contributed by atoms with Gasteiger partial charge in [0.05, 0.1) is 17.2 Å². The standard InChI is InChI=1S/C12H14ClN5O/c1-19-8-5-10(11-15-7-16-17-11)18(6-8)12-9(13)3-2-4-14-12/h2-4,7-8,10H,5-6H2,1H3,(H,15,16,17)/t8-,10+/m1/s1. The van der Waals surface area contributed by atoms with E-state index >= 15 is 0 Å². The smallest absolute Gasteiger partial charge is 0.148 e. The van der Waals surface area contributed by atoms with Gasteiger partial charge in [-0.1, -0.05) is 11.6 Å². The van der Waals surface area contributed by atoms with E-state index in [0.29, 0.717) is 5.02 Å². The lowest BCUT2D eigenvalue weighted by atomic mass is 10.2. The summed E-state index contributed by atoms with van der Waals surface area (Å²) in [4.78, 5) is 10.7. The number of aromatic amines is 1. The number of aromatic nitrogens is 4. The molecule has 0 bridgehead atoms. The van der Waals surface area contributed by atoms with Crippen LogP contribution in [0.4, 0.5) is 5.82 Å². The van der Waals surface area contributed by atoms with Gasteiger partial charge in [0.15, 0.2) is 0 Å². The molecule has 3 rings (SSSR count). The van der Waals surface area contributed by atoms with Crippen molar-refractivity contribution in [2.45, 2.75) is 18.6 Å². The van der Waals surface area contributed by atoms with Crippen molar-refractivity contribution in [1.82, 2.24) is 20.2 Å². The molecule has 0 spiro atoms. The summed E-state index contributed by atoms with van der Waals surface area (Å²) in [5.41, 5.74) is 0. The molecule has 0 aromatic carbocycles. The van der Waals surface area contributed by atoms with Crippen LogP contribution in [0.25, 0.3) is 0 Å². The quantitative estimate of drug-likeness (QED) is 0.928. The Bertz CT molecular complexity index is 547. The minimum Gasteiger partial charge on any atom is -0.380 e. The van der Waals surface area contributed by atoms with Gasteiger partial charge in [0.25, 0.3) is 0 Å². The molecule has 1 saturated heterocycles. The number of nitrogens with zero attached hydrogens (tertiary/aromatic N) is 4. The van der Waals surface area contributed by atoms with E-state index < -0.39 is 0 Å². The number of H-pyrrole nitrogens is 1. The fourth-order valence-electron chi connectivity index (χ4n) is 2.43. The molecular weight excluding hydrogens is 266 g/mol. The van der Waals surface area contributed by atoms with Crippen LogP contribution in [0.2, 0.25) is 5.02 Å². The molecule has 1 N–H and O–H groups in total. The molecule has 1 aliphatic rings. The first kappa shape index (κ1) is 12.4. The second-order valence-electron chi connectivity index (χ2n) is 4.44. The molecular formula is C12H14ClN5O. The summed E-state index contributed by atoms with van der Waals surface area (Å²) in [5, 5.41) is 7.45. The summed E-state index contributed by atoms with van der Waals surface area (Å²) in [7, 11) is 1.71. The van der Waals surface area contributed by atoms with E-state index in [0.717, 1.165) is 24.6 Å². The number of methoxy groups -OCH3 is 1. The van der Waals surface area contributed by atoms with Crippen molar-refractivity contribution >= 4 is 17.4 Å². The van der Waals surface area contributed by atoms with Crippen molar-refractivity contribution in [3.63, 3.8) is 0 Å². The normalized spacial score (nSPS) is 22.9. The fraction of sp³-hybridized carbons (Fsp3) is 0.417. The third kappa shape index (κ3) is 2.29. The van der Waals surface area contributed by atoms with Crippen LogP contribution in [-0.4, -0.2) is 39.9 Å². The van der Waals surface area contributed by atoms with Gasteiger partial charge in [0.1, 0.15) is 18.0 Å². The minimum atomic E-state index is 0.0554. The van der Waals surface area contributed by atoms with Gasteiger partial charge in [0.2, 0.25) is 0 Å². The lowest BCUT2D eigenvalue weighted by molar-refractivity contribution is 0.118. The van der Waals surface area contributed by atoms with E-state index in [1.807, 2.05) is 12.1 Å². The Morgan fingerprint density at radius 2 is 2.37 bits per heavy atom. The van der Waals surface area contributed by atoms with Crippen molar-refractivity contribution < 1.29 is 4.74 Å². The molecule has 1 aliphatic heterocycles. The number of pyridine rings is 1. The molecule has 0 aliphatic carbocycles. The Morgan fingerprint density at radius 3 is 3.05 bits per heavy atom. The maximum Gasteiger partial charge on any atom is 0.148 e. The zero-order valence-corrected chi connectivity index (χ0v) is 11.2. The van der Waals surface area contributed by atoms with Gasteiger partial charge in [-0.3, -0.25) is 5.10 Å². The minimum absolute atomic E-state index is 0.0554. The van der Waals surface area contributed by atoms with Gasteiger partial charge in [-0.15, -0.1) is 0 Å². The molecule has 2 aromatic rings. The van der Waals surface area contributed by atoms with Crippen molar-refractivity contribution in [1.29, 1.82) is 0 Å². The van der Waals surface area contributed by atoms with Crippen LogP contribution in [-0.2, 0) is 4.74 Å². The van der Waals surface area contributed by atoms with E-state index in [1.54, 1.807) is 13.3 Å². The molecule has 19 heavy (non-hydrogen) atoms. The number of rotatable bonds is 3. The van der Waals surface area contributed by atoms with Crippen molar-refractivity contribution in [3.8, 4) is 0 Å². The third-order valence-electron chi connectivity index (χ3n) is 3.36. The molecule has 2 atom stereocenters. The summed E-state index contributed by atoms with van der Waals surface area (Å²) in [6.07, 6.45) is 4.21. The van der Waals surface area contributed by atoms with E-state index in [2.05, 4.69) is 25.1 Å². The van der Waals surface area contributed by atoms with E-state index in [4.69, 9.17) is 16.3 Å². The predicted molar refractivity (Wildman–Crippen MR) is 71.1 cm³/mol. The van der Waals surface area contributed by atoms with E-state index in [-0.39, 0.29) is 12.1 Å².